The summed E-state index contributed by atoms with van der Waals surface area (Å²) in [5, 5.41) is 19.5. The third-order valence-electron chi connectivity index (χ3n) is 2.56. The van der Waals surface area contributed by atoms with Crippen molar-refractivity contribution >= 4 is 46.3 Å². The summed E-state index contributed by atoms with van der Waals surface area (Å²) in [5.74, 6) is 0. The number of nitrogens with one attached hydrogen (secondary N) is 2. The predicted octanol–water partition coefficient (Wildman–Crippen LogP) is 3.91. The Balaban J connectivity index is 1.85. The summed E-state index contributed by atoms with van der Waals surface area (Å²) in [6, 6.07) is 6.19. The van der Waals surface area contributed by atoms with E-state index in [2.05, 4.69) is 10.6 Å². The zero-order valence-electron chi connectivity index (χ0n) is 10.3. The van der Waals surface area contributed by atoms with Gasteiger partial charge < -0.3 is 15.7 Å². The van der Waals surface area contributed by atoms with E-state index in [0.29, 0.717) is 15.7 Å². The van der Waals surface area contributed by atoms with Crippen LogP contribution in [0, 0.1) is 0 Å². The van der Waals surface area contributed by atoms with Gasteiger partial charge in [-0.05, 0) is 40.6 Å². The van der Waals surface area contributed by atoms with E-state index >= 15 is 0 Å². The zero-order chi connectivity index (χ0) is 14.5. The Morgan fingerprint density at radius 2 is 2.10 bits per heavy atom. The molecule has 20 heavy (non-hydrogen) atoms. The standard InChI is InChI=1S/C13H12Cl2N2O2S/c14-10-2-1-9(5-11(10)15)17-13(19)16-6-12(18)8-3-4-20-7-8/h1-5,7,12,18H,6H2,(H2,16,17,19). The second-order valence-electron chi connectivity index (χ2n) is 4.04. The molecule has 1 aromatic carbocycles. The monoisotopic (exact) mass is 330 g/mol. The number of hydrogen-bond donors (Lipinski definition) is 3. The second-order valence-corrected chi connectivity index (χ2v) is 5.63. The minimum Gasteiger partial charge on any atom is -0.387 e. The molecule has 1 atom stereocenters. The lowest BCUT2D eigenvalue weighted by Crippen LogP contribution is -2.32. The van der Waals surface area contributed by atoms with Crippen molar-refractivity contribution in [3.8, 4) is 0 Å². The van der Waals surface area contributed by atoms with E-state index in [0.717, 1.165) is 5.56 Å². The topological polar surface area (TPSA) is 61.4 Å². The Labute approximate surface area is 130 Å². The van der Waals surface area contributed by atoms with Gasteiger partial charge in [-0.25, -0.2) is 4.79 Å². The molecule has 0 fully saturated rings. The summed E-state index contributed by atoms with van der Waals surface area (Å²) in [4.78, 5) is 11.7. The molecule has 2 rings (SSSR count). The molecule has 2 amide bonds. The molecule has 0 bridgehead atoms. The number of benzene rings is 1. The summed E-state index contributed by atoms with van der Waals surface area (Å²) < 4.78 is 0. The van der Waals surface area contributed by atoms with E-state index in [1.165, 1.54) is 11.3 Å². The summed E-state index contributed by atoms with van der Waals surface area (Å²) >= 11 is 13.1. The lowest BCUT2D eigenvalue weighted by Gasteiger charge is -2.12. The molecule has 2 aromatic rings. The highest BCUT2D eigenvalue weighted by atomic mass is 35.5. The van der Waals surface area contributed by atoms with Crippen LogP contribution >= 0.6 is 34.5 Å². The molecule has 1 unspecified atom stereocenters. The summed E-state index contributed by atoms with van der Waals surface area (Å²) in [7, 11) is 0. The number of carbonyl (C=O) groups excluding carboxylic acids is 1. The van der Waals surface area contributed by atoms with E-state index < -0.39 is 12.1 Å². The van der Waals surface area contributed by atoms with Crippen molar-refractivity contribution in [2.24, 2.45) is 0 Å². The molecule has 106 valence electrons. The van der Waals surface area contributed by atoms with Crippen LogP contribution in [0.25, 0.3) is 0 Å². The largest absolute Gasteiger partial charge is 0.387 e. The lowest BCUT2D eigenvalue weighted by atomic mass is 10.2. The number of anilines is 1. The van der Waals surface area contributed by atoms with Gasteiger partial charge in [-0.3, -0.25) is 0 Å². The lowest BCUT2D eigenvalue weighted by molar-refractivity contribution is 0.175. The average Bonchev–Trinajstić information content (AvgIpc) is 2.94. The first-order chi connectivity index (χ1) is 9.56. The number of thiophene rings is 1. The molecular formula is C13H12Cl2N2O2S. The number of urea groups is 1. The summed E-state index contributed by atoms with van der Waals surface area (Å²) in [6.07, 6.45) is -0.721. The third-order valence-corrected chi connectivity index (χ3v) is 4.00. The van der Waals surface area contributed by atoms with Crippen molar-refractivity contribution in [1.29, 1.82) is 0 Å². The SMILES string of the molecule is O=C(NCC(O)c1ccsc1)Nc1ccc(Cl)c(Cl)c1. The van der Waals surface area contributed by atoms with Gasteiger partial charge in [-0.1, -0.05) is 23.2 Å². The quantitative estimate of drug-likeness (QED) is 0.795. The van der Waals surface area contributed by atoms with Gasteiger partial charge in [0.25, 0.3) is 0 Å². The van der Waals surface area contributed by atoms with E-state index in [1.807, 2.05) is 16.8 Å². The van der Waals surface area contributed by atoms with Crippen LogP contribution < -0.4 is 10.6 Å². The Morgan fingerprint density at radius 3 is 2.75 bits per heavy atom. The predicted molar refractivity (Wildman–Crippen MR) is 82.8 cm³/mol. The van der Waals surface area contributed by atoms with Crippen molar-refractivity contribution in [2.75, 3.05) is 11.9 Å². The van der Waals surface area contributed by atoms with Crippen LogP contribution in [-0.2, 0) is 0 Å². The maximum Gasteiger partial charge on any atom is 0.319 e. The average molecular weight is 331 g/mol. The smallest absolute Gasteiger partial charge is 0.319 e. The van der Waals surface area contributed by atoms with Gasteiger partial charge in [0.1, 0.15) is 0 Å². The first kappa shape index (κ1) is 15.1. The third kappa shape index (κ3) is 4.11. The molecular weight excluding hydrogens is 319 g/mol. The summed E-state index contributed by atoms with van der Waals surface area (Å²) in [5.41, 5.74) is 1.31. The van der Waals surface area contributed by atoms with E-state index in [4.69, 9.17) is 23.2 Å². The van der Waals surface area contributed by atoms with Crippen LogP contribution in [0.5, 0.6) is 0 Å². The van der Waals surface area contributed by atoms with Crippen molar-refractivity contribution in [3.63, 3.8) is 0 Å². The van der Waals surface area contributed by atoms with Gasteiger partial charge in [0.2, 0.25) is 0 Å². The molecule has 1 heterocycles. The fraction of sp³-hybridized carbons (Fsp3) is 0.154. The van der Waals surface area contributed by atoms with E-state index in [1.54, 1.807) is 18.2 Å². The number of hydrogen-bond acceptors (Lipinski definition) is 3. The van der Waals surface area contributed by atoms with Crippen LogP contribution in [0.1, 0.15) is 11.7 Å². The fourth-order valence-corrected chi connectivity index (χ4v) is 2.53. The number of rotatable bonds is 4. The fourth-order valence-electron chi connectivity index (χ4n) is 1.52. The van der Waals surface area contributed by atoms with Crippen molar-refractivity contribution in [3.05, 3.63) is 50.6 Å². The first-order valence-electron chi connectivity index (χ1n) is 5.76. The van der Waals surface area contributed by atoms with Crippen molar-refractivity contribution in [2.45, 2.75) is 6.10 Å². The van der Waals surface area contributed by atoms with Crippen molar-refractivity contribution < 1.29 is 9.90 Å². The Bertz CT molecular complexity index is 590. The Morgan fingerprint density at radius 1 is 1.30 bits per heavy atom. The van der Waals surface area contributed by atoms with E-state index in [-0.39, 0.29) is 6.54 Å². The zero-order valence-corrected chi connectivity index (χ0v) is 12.6. The number of carbonyl (C=O) groups is 1. The number of aliphatic hydroxyl groups is 1. The second kappa shape index (κ2) is 6.95. The maximum absolute atomic E-state index is 11.7. The van der Waals surface area contributed by atoms with Gasteiger partial charge in [0.05, 0.1) is 16.1 Å². The van der Waals surface area contributed by atoms with Crippen LogP contribution in [0.2, 0.25) is 10.0 Å². The van der Waals surface area contributed by atoms with Gasteiger partial charge in [-0.2, -0.15) is 11.3 Å². The molecule has 7 heteroatoms. The highest BCUT2D eigenvalue weighted by molar-refractivity contribution is 7.07. The van der Waals surface area contributed by atoms with Gasteiger partial charge in [0.15, 0.2) is 0 Å². The molecule has 0 radical (unpaired) electrons. The molecule has 0 aliphatic carbocycles. The van der Waals surface area contributed by atoms with Crippen LogP contribution in [0.4, 0.5) is 10.5 Å². The van der Waals surface area contributed by atoms with Gasteiger partial charge >= 0.3 is 6.03 Å². The molecule has 0 spiro atoms. The maximum atomic E-state index is 11.7. The molecule has 3 N–H and O–H groups in total. The highest BCUT2D eigenvalue weighted by Gasteiger charge is 2.10. The molecule has 0 aliphatic heterocycles. The number of amides is 2. The molecule has 0 aliphatic rings. The van der Waals surface area contributed by atoms with Gasteiger partial charge in [0, 0.05) is 12.2 Å². The number of halogens is 2. The normalized spacial score (nSPS) is 11.9. The Hall–Kier alpha value is -1.27. The first-order valence-corrected chi connectivity index (χ1v) is 7.46. The van der Waals surface area contributed by atoms with E-state index in [9.17, 15) is 9.90 Å². The van der Waals surface area contributed by atoms with Crippen LogP contribution in [-0.4, -0.2) is 17.7 Å². The Kier molecular flexibility index (Phi) is 5.25. The van der Waals surface area contributed by atoms with Crippen LogP contribution in [0.3, 0.4) is 0 Å². The minimum absolute atomic E-state index is 0.129. The molecule has 1 aromatic heterocycles. The van der Waals surface area contributed by atoms with Gasteiger partial charge in [-0.15, -0.1) is 0 Å². The van der Waals surface area contributed by atoms with Crippen molar-refractivity contribution in [1.82, 2.24) is 5.32 Å². The minimum atomic E-state index is -0.721. The highest BCUT2D eigenvalue weighted by Crippen LogP contribution is 2.24. The molecule has 0 saturated heterocycles. The molecule has 0 saturated carbocycles. The van der Waals surface area contributed by atoms with Crippen LogP contribution in [0.15, 0.2) is 35.0 Å². The molecule has 4 nitrogen and oxygen atoms in total. The summed E-state index contributed by atoms with van der Waals surface area (Å²) in [6.45, 7) is 0.129. The number of aliphatic hydroxyl groups excluding tert-OH is 1.